The molecule has 0 unspecified atom stereocenters. The van der Waals surface area contributed by atoms with E-state index >= 15 is 0 Å². The van der Waals surface area contributed by atoms with Gasteiger partial charge in [-0.05, 0) is 26.2 Å². The predicted molar refractivity (Wildman–Crippen MR) is 65.9 cm³/mol. The van der Waals surface area contributed by atoms with Crippen LogP contribution in [0.5, 0.6) is 0 Å². The van der Waals surface area contributed by atoms with Crippen molar-refractivity contribution in [2.45, 2.75) is 43.7 Å². The van der Waals surface area contributed by atoms with Gasteiger partial charge in [-0.1, -0.05) is 0 Å². The molecule has 0 saturated heterocycles. The van der Waals surface area contributed by atoms with E-state index < -0.39 is 33.8 Å². The van der Waals surface area contributed by atoms with Crippen LogP contribution < -0.4 is 5.32 Å². The molecule has 1 saturated carbocycles. The van der Waals surface area contributed by atoms with E-state index in [1.54, 1.807) is 0 Å². The van der Waals surface area contributed by atoms with Crippen LogP contribution >= 0.6 is 0 Å². The molecule has 0 aromatic heterocycles. The van der Waals surface area contributed by atoms with Gasteiger partial charge in [-0.2, -0.15) is 13.2 Å². The summed E-state index contributed by atoms with van der Waals surface area (Å²) >= 11 is 0. The quantitative estimate of drug-likeness (QED) is 0.679. The molecule has 1 aliphatic carbocycles. The molecule has 0 aromatic carbocycles. The summed E-state index contributed by atoms with van der Waals surface area (Å²) in [5.74, 6) is -0.923. The second-order valence-electron chi connectivity index (χ2n) is 4.81. The number of carbonyl (C=O) groups excluding carboxylic acids is 1. The summed E-state index contributed by atoms with van der Waals surface area (Å²) in [6.07, 6.45) is -2.79. The van der Waals surface area contributed by atoms with Gasteiger partial charge >= 0.3 is 6.18 Å². The zero-order valence-electron chi connectivity index (χ0n) is 11.1. The average Bonchev–Trinajstić information content (AvgIpc) is 3.09. The molecule has 1 atom stereocenters. The number of amides is 1. The van der Waals surface area contributed by atoms with E-state index in [0.29, 0.717) is 0 Å². The lowest BCUT2D eigenvalue weighted by Crippen LogP contribution is -2.40. The fraction of sp³-hybridized carbons (Fsp3) is 0.909. The minimum atomic E-state index is -4.42. The maximum Gasteiger partial charge on any atom is 0.411 e. The Morgan fingerprint density at radius 3 is 2.50 bits per heavy atom. The first-order valence-corrected chi connectivity index (χ1v) is 8.00. The van der Waals surface area contributed by atoms with Crippen LogP contribution in [-0.2, 0) is 19.4 Å². The number of halogens is 3. The molecule has 1 rings (SSSR count). The van der Waals surface area contributed by atoms with E-state index in [1.807, 2.05) is 0 Å². The summed E-state index contributed by atoms with van der Waals surface area (Å²) in [4.78, 5) is 11.6. The van der Waals surface area contributed by atoms with Crippen molar-refractivity contribution in [2.24, 2.45) is 0 Å². The van der Waals surface area contributed by atoms with Crippen LogP contribution in [0.3, 0.4) is 0 Å². The van der Waals surface area contributed by atoms with Gasteiger partial charge in [-0.3, -0.25) is 4.79 Å². The van der Waals surface area contributed by atoms with Gasteiger partial charge in [0.2, 0.25) is 5.91 Å². The molecule has 0 aliphatic heterocycles. The second-order valence-corrected chi connectivity index (χ2v) is 7.25. The molecule has 20 heavy (non-hydrogen) atoms. The lowest BCUT2D eigenvalue weighted by Gasteiger charge is -2.13. The molecule has 0 radical (unpaired) electrons. The summed E-state index contributed by atoms with van der Waals surface area (Å²) in [6.45, 7) is -0.426. The molecule has 1 fully saturated rings. The van der Waals surface area contributed by atoms with Gasteiger partial charge in [0.15, 0.2) is 9.84 Å². The average molecular weight is 317 g/mol. The molecule has 0 spiro atoms. The van der Waals surface area contributed by atoms with Crippen molar-refractivity contribution in [3.8, 4) is 0 Å². The molecule has 1 aliphatic rings. The normalized spacial score (nSPS) is 17.8. The minimum Gasteiger partial charge on any atom is -0.372 e. The number of hydrogen-bond acceptors (Lipinski definition) is 4. The topological polar surface area (TPSA) is 72.5 Å². The zero-order valence-corrected chi connectivity index (χ0v) is 11.9. The lowest BCUT2D eigenvalue weighted by atomic mass is 10.4. The van der Waals surface area contributed by atoms with Gasteiger partial charge in [0.1, 0.15) is 11.9 Å². The molecule has 1 N–H and O–H groups in total. The van der Waals surface area contributed by atoms with Crippen molar-refractivity contribution in [1.82, 2.24) is 5.32 Å². The minimum absolute atomic E-state index is 0.0651. The second kappa shape index (κ2) is 6.75. The summed E-state index contributed by atoms with van der Waals surface area (Å²) in [7, 11) is -3.67. The van der Waals surface area contributed by atoms with Crippen LogP contribution in [0.1, 0.15) is 26.2 Å². The van der Waals surface area contributed by atoms with Crippen molar-refractivity contribution >= 4 is 15.7 Å². The summed E-state index contributed by atoms with van der Waals surface area (Å²) in [5.41, 5.74) is 0. The van der Waals surface area contributed by atoms with Gasteiger partial charge in [-0.25, -0.2) is 8.42 Å². The van der Waals surface area contributed by atoms with E-state index in [1.165, 1.54) is 6.92 Å². The Kier molecular flexibility index (Phi) is 5.81. The van der Waals surface area contributed by atoms with Crippen LogP contribution in [0.25, 0.3) is 0 Å². The highest BCUT2D eigenvalue weighted by Crippen LogP contribution is 2.19. The molecule has 0 aromatic rings. The Bertz CT molecular complexity index is 431. The lowest BCUT2D eigenvalue weighted by molar-refractivity contribution is -0.173. The highest BCUT2D eigenvalue weighted by molar-refractivity contribution is 7.92. The van der Waals surface area contributed by atoms with Gasteiger partial charge in [0.25, 0.3) is 0 Å². The van der Waals surface area contributed by atoms with Gasteiger partial charge in [0.05, 0.1) is 5.75 Å². The number of hydrogen-bond donors (Lipinski definition) is 1. The first-order valence-electron chi connectivity index (χ1n) is 6.28. The number of rotatable bonds is 8. The Balaban J connectivity index is 2.27. The van der Waals surface area contributed by atoms with E-state index in [0.717, 1.165) is 12.8 Å². The molecular weight excluding hydrogens is 299 g/mol. The molecule has 1 amide bonds. The fourth-order valence-corrected chi connectivity index (χ4v) is 2.70. The summed E-state index contributed by atoms with van der Waals surface area (Å²) in [6, 6.07) is 0.0651. The monoisotopic (exact) mass is 317 g/mol. The zero-order chi connectivity index (χ0) is 15.4. The van der Waals surface area contributed by atoms with Crippen LogP contribution in [0.2, 0.25) is 0 Å². The third-order valence-corrected chi connectivity index (χ3v) is 4.96. The van der Waals surface area contributed by atoms with Gasteiger partial charge < -0.3 is 10.1 Å². The van der Waals surface area contributed by atoms with Crippen LogP contribution in [0.15, 0.2) is 0 Å². The number of carbonyl (C=O) groups is 1. The first-order chi connectivity index (χ1) is 9.12. The van der Waals surface area contributed by atoms with Crippen molar-refractivity contribution in [3.05, 3.63) is 0 Å². The first kappa shape index (κ1) is 17.2. The third-order valence-electron chi connectivity index (χ3n) is 2.81. The fourth-order valence-electron chi connectivity index (χ4n) is 1.44. The number of alkyl halides is 3. The van der Waals surface area contributed by atoms with Crippen molar-refractivity contribution in [1.29, 1.82) is 0 Å². The van der Waals surface area contributed by atoms with Crippen LogP contribution in [-0.4, -0.2) is 50.8 Å². The Morgan fingerprint density at radius 2 is 2.00 bits per heavy atom. The van der Waals surface area contributed by atoms with E-state index in [9.17, 15) is 26.4 Å². The van der Waals surface area contributed by atoms with E-state index in [4.69, 9.17) is 0 Å². The summed E-state index contributed by atoms with van der Waals surface area (Å²) < 4.78 is 63.3. The van der Waals surface area contributed by atoms with Crippen LogP contribution in [0, 0.1) is 0 Å². The standard InChI is InChI=1S/C11H18F3NO4S/c1-8(10(16)15-9-3-4-9)20(17,18)6-2-5-19-7-11(12,13)14/h8-9H,2-7H2,1H3,(H,15,16)/t8-/m1/s1. The molecular formula is C11H18F3NO4S. The van der Waals surface area contributed by atoms with Crippen molar-refractivity contribution < 1.29 is 31.1 Å². The SMILES string of the molecule is C[C@H](C(=O)NC1CC1)S(=O)(=O)CCCOCC(F)(F)F. The third kappa shape index (κ3) is 6.56. The Labute approximate surface area is 115 Å². The maximum atomic E-state index is 11.8. The van der Waals surface area contributed by atoms with Gasteiger partial charge in [-0.15, -0.1) is 0 Å². The smallest absolute Gasteiger partial charge is 0.372 e. The van der Waals surface area contributed by atoms with Crippen molar-refractivity contribution in [2.75, 3.05) is 19.0 Å². The Hall–Kier alpha value is -0.830. The highest BCUT2D eigenvalue weighted by atomic mass is 32.2. The number of ether oxygens (including phenoxy) is 1. The van der Waals surface area contributed by atoms with E-state index in [-0.39, 0.29) is 24.8 Å². The molecule has 0 bridgehead atoms. The largest absolute Gasteiger partial charge is 0.411 e. The summed E-state index contributed by atoms with van der Waals surface area (Å²) in [5, 5.41) is 1.39. The Morgan fingerprint density at radius 1 is 1.40 bits per heavy atom. The number of nitrogens with one attached hydrogen (secondary N) is 1. The van der Waals surface area contributed by atoms with Crippen molar-refractivity contribution in [3.63, 3.8) is 0 Å². The van der Waals surface area contributed by atoms with Gasteiger partial charge in [0, 0.05) is 12.6 Å². The molecule has 9 heteroatoms. The molecule has 118 valence electrons. The number of sulfone groups is 1. The van der Waals surface area contributed by atoms with Crippen LogP contribution in [0.4, 0.5) is 13.2 Å². The molecule has 0 heterocycles. The maximum absolute atomic E-state index is 11.8. The van der Waals surface area contributed by atoms with E-state index in [2.05, 4.69) is 10.1 Å². The molecule has 5 nitrogen and oxygen atoms in total. The highest BCUT2D eigenvalue weighted by Gasteiger charge is 2.32. The predicted octanol–water partition coefficient (Wildman–Crippen LogP) is 1.04.